The zero-order valence-corrected chi connectivity index (χ0v) is 12.1. The average molecular weight is 284 g/mol. The van der Waals surface area contributed by atoms with Crippen LogP contribution in [-0.4, -0.2) is 28.2 Å². The van der Waals surface area contributed by atoms with Crippen molar-refractivity contribution >= 4 is 10.0 Å². The Morgan fingerprint density at radius 1 is 1.37 bits per heavy atom. The Hall–Kier alpha value is -0.950. The highest BCUT2D eigenvalue weighted by atomic mass is 32.2. The predicted molar refractivity (Wildman–Crippen MR) is 73.3 cm³/mol. The molecule has 106 valence electrons. The van der Waals surface area contributed by atoms with Crippen LogP contribution in [0.5, 0.6) is 0 Å². The smallest absolute Gasteiger partial charge is 0.240 e. The van der Waals surface area contributed by atoms with Crippen molar-refractivity contribution in [1.29, 1.82) is 0 Å². The molecule has 0 aliphatic carbocycles. The number of ether oxygens (including phenoxy) is 1. The average Bonchev–Trinajstić information content (AvgIpc) is 2.82. The molecule has 0 bridgehead atoms. The summed E-state index contributed by atoms with van der Waals surface area (Å²) in [6.07, 6.45) is 0.655. The van der Waals surface area contributed by atoms with Crippen LogP contribution < -0.4 is 10.0 Å². The summed E-state index contributed by atoms with van der Waals surface area (Å²) in [5.74, 6) is 0. The van der Waals surface area contributed by atoms with E-state index in [9.17, 15) is 8.42 Å². The molecule has 1 aromatic rings. The standard InChI is InChI=1S/C13H20N2O3S/c1-10(5-6-18-2)15-19(16,17)13-4-3-11-8-14-9-12(11)7-13/h3-4,7,10,14-15H,5-6,8-9H2,1-2H3. The van der Waals surface area contributed by atoms with E-state index in [2.05, 4.69) is 10.0 Å². The second kappa shape index (κ2) is 6.00. The van der Waals surface area contributed by atoms with Gasteiger partial charge >= 0.3 is 0 Å². The van der Waals surface area contributed by atoms with Gasteiger partial charge in [-0.05, 0) is 36.6 Å². The van der Waals surface area contributed by atoms with E-state index in [0.717, 1.165) is 18.7 Å². The van der Waals surface area contributed by atoms with E-state index in [0.29, 0.717) is 17.9 Å². The second-order valence-electron chi connectivity index (χ2n) is 4.84. The molecule has 0 saturated heterocycles. The lowest BCUT2D eigenvalue weighted by Gasteiger charge is -2.14. The molecule has 1 aromatic carbocycles. The number of rotatable bonds is 6. The highest BCUT2D eigenvalue weighted by Gasteiger charge is 2.20. The number of sulfonamides is 1. The van der Waals surface area contributed by atoms with Crippen LogP contribution in [0.3, 0.4) is 0 Å². The molecular weight excluding hydrogens is 264 g/mol. The van der Waals surface area contributed by atoms with Crippen molar-refractivity contribution in [3.8, 4) is 0 Å². The van der Waals surface area contributed by atoms with E-state index < -0.39 is 10.0 Å². The van der Waals surface area contributed by atoms with E-state index in [1.807, 2.05) is 13.0 Å². The van der Waals surface area contributed by atoms with Gasteiger partial charge in [-0.15, -0.1) is 0 Å². The Morgan fingerprint density at radius 3 is 2.84 bits per heavy atom. The van der Waals surface area contributed by atoms with E-state index in [4.69, 9.17) is 4.74 Å². The predicted octanol–water partition coefficient (Wildman–Crippen LogP) is 0.993. The van der Waals surface area contributed by atoms with Crippen LogP contribution in [0.2, 0.25) is 0 Å². The summed E-state index contributed by atoms with van der Waals surface area (Å²) < 4.78 is 32.1. The molecule has 0 spiro atoms. The van der Waals surface area contributed by atoms with E-state index in [1.54, 1.807) is 19.2 Å². The van der Waals surface area contributed by atoms with E-state index >= 15 is 0 Å². The number of hydrogen-bond donors (Lipinski definition) is 2. The van der Waals surface area contributed by atoms with Gasteiger partial charge in [-0.2, -0.15) is 0 Å². The molecule has 2 N–H and O–H groups in total. The molecule has 1 heterocycles. The zero-order valence-electron chi connectivity index (χ0n) is 11.3. The van der Waals surface area contributed by atoms with Gasteiger partial charge in [0.1, 0.15) is 0 Å². The number of fused-ring (bicyclic) bond motifs is 1. The Labute approximate surface area is 114 Å². The molecule has 6 heteroatoms. The summed E-state index contributed by atoms with van der Waals surface area (Å²) in [5.41, 5.74) is 2.24. The fourth-order valence-corrected chi connectivity index (χ4v) is 3.45. The maximum Gasteiger partial charge on any atom is 0.240 e. The van der Waals surface area contributed by atoms with Gasteiger partial charge in [0.25, 0.3) is 0 Å². The third-order valence-corrected chi connectivity index (χ3v) is 4.82. The minimum atomic E-state index is -3.44. The van der Waals surface area contributed by atoms with Crippen LogP contribution in [-0.2, 0) is 27.8 Å². The van der Waals surface area contributed by atoms with Crippen molar-refractivity contribution in [1.82, 2.24) is 10.0 Å². The lowest BCUT2D eigenvalue weighted by molar-refractivity contribution is 0.188. The summed E-state index contributed by atoms with van der Waals surface area (Å²) >= 11 is 0. The molecule has 0 fully saturated rings. The van der Waals surface area contributed by atoms with Crippen LogP contribution in [0, 0.1) is 0 Å². The first kappa shape index (κ1) is 14.5. The first-order chi connectivity index (χ1) is 9.03. The van der Waals surface area contributed by atoms with Gasteiger partial charge in [0, 0.05) is 32.8 Å². The summed E-state index contributed by atoms with van der Waals surface area (Å²) in [5, 5.41) is 3.20. The maximum atomic E-state index is 12.2. The second-order valence-corrected chi connectivity index (χ2v) is 6.55. The van der Waals surface area contributed by atoms with Crippen LogP contribution >= 0.6 is 0 Å². The normalized spacial score (nSPS) is 16.3. The first-order valence-corrected chi connectivity index (χ1v) is 7.85. The molecular formula is C13H20N2O3S. The quantitative estimate of drug-likeness (QED) is 0.817. The monoisotopic (exact) mass is 284 g/mol. The van der Waals surface area contributed by atoms with Gasteiger partial charge in [-0.25, -0.2) is 13.1 Å². The van der Waals surface area contributed by atoms with E-state index in [-0.39, 0.29) is 6.04 Å². The number of hydrogen-bond acceptors (Lipinski definition) is 4. The highest BCUT2D eigenvalue weighted by Crippen LogP contribution is 2.20. The highest BCUT2D eigenvalue weighted by molar-refractivity contribution is 7.89. The fourth-order valence-electron chi connectivity index (χ4n) is 2.12. The minimum absolute atomic E-state index is 0.142. The molecule has 1 aliphatic heterocycles. The molecule has 1 atom stereocenters. The zero-order chi connectivity index (χ0) is 13.9. The number of benzene rings is 1. The van der Waals surface area contributed by atoms with Crippen molar-refractivity contribution in [3.63, 3.8) is 0 Å². The molecule has 1 aliphatic rings. The Balaban J connectivity index is 2.11. The van der Waals surface area contributed by atoms with Gasteiger partial charge in [0.05, 0.1) is 4.90 Å². The Kier molecular flexibility index (Phi) is 4.57. The van der Waals surface area contributed by atoms with Crippen LogP contribution in [0.15, 0.2) is 23.1 Å². The molecule has 0 aromatic heterocycles. The van der Waals surface area contributed by atoms with Gasteiger partial charge in [0.2, 0.25) is 10.0 Å². The van der Waals surface area contributed by atoms with Crippen LogP contribution in [0.25, 0.3) is 0 Å². The van der Waals surface area contributed by atoms with Crippen molar-refractivity contribution in [2.45, 2.75) is 37.4 Å². The summed E-state index contributed by atoms with van der Waals surface area (Å²) in [6.45, 7) is 3.93. The third kappa shape index (κ3) is 3.54. The summed E-state index contributed by atoms with van der Waals surface area (Å²) in [4.78, 5) is 0.333. The first-order valence-electron chi connectivity index (χ1n) is 6.37. The molecule has 0 radical (unpaired) electrons. The Morgan fingerprint density at radius 2 is 2.11 bits per heavy atom. The minimum Gasteiger partial charge on any atom is -0.385 e. The number of methoxy groups -OCH3 is 1. The maximum absolute atomic E-state index is 12.2. The summed E-state index contributed by atoms with van der Waals surface area (Å²) in [6, 6.07) is 5.15. The fraction of sp³-hybridized carbons (Fsp3) is 0.538. The molecule has 0 saturated carbocycles. The molecule has 5 nitrogen and oxygen atoms in total. The van der Waals surface area contributed by atoms with Gasteiger partial charge in [-0.3, -0.25) is 0 Å². The van der Waals surface area contributed by atoms with Crippen LogP contribution in [0.4, 0.5) is 0 Å². The molecule has 19 heavy (non-hydrogen) atoms. The van der Waals surface area contributed by atoms with Gasteiger partial charge in [-0.1, -0.05) is 6.07 Å². The van der Waals surface area contributed by atoms with Crippen LogP contribution in [0.1, 0.15) is 24.5 Å². The summed E-state index contributed by atoms with van der Waals surface area (Å²) in [7, 11) is -1.84. The lowest BCUT2D eigenvalue weighted by atomic mass is 10.1. The topological polar surface area (TPSA) is 67.4 Å². The molecule has 1 unspecified atom stereocenters. The molecule has 2 rings (SSSR count). The lowest BCUT2D eigenvalue weighted by Crippen LogP contribution is -2.33. The van der Waals surface area contributed by atoms with Gasteiger partial charge in [0.15, 0.2) is 0 Å². The SMILES string of the molecule is COCCC(C)NS(=O)(=O)c1ccc2c(c1)CNC2. The van der Waals surface area contributed by atoms with Crippen molar-refractivity contribution in [2.75, 3.05) is 13.7 Å². The largest absolute Gasteiger partial charge is 0.385 e. The number of nitrogens with one attached hydrogen (secondary N) is 2. The van der Waals surface area contributed by atoms with E-state index in [1.165, 1.54) is 5.56 Å². The molecule has 0 amide bonds. The van der Waals surface area contributed by atoms with Gasteiger partial charge < -0.3 is 10.1 Å². The Bertz CT molecular complexity index is 543. The van der Waals surface area contributed by atoms with Crippen molar-refractivity contribution < 1.29 is 13.2 Å². The third-order valence-electron chi connectivity index (χ3n) is 3.23. The van der Waals surface area contributed by atoms with Crippen molar-refractivity contribution in [2.24, 2.45) is 0 Å². The van der Waals surface area contributed by atoms with Crippen molar-refractivity contribution in [3.05, 3.63) is 29.3 Å².